The highest BCUT2D eigenvalue weighted by molar-refractivity contribution is 7.51. The van der Waals surface area contributed by atoms with Crippen LogP contribution >= 0.6 is 7.60 Å². The van der Waals surface area contributed by atoms with Gasteiger partial charge in [-0.25, -0.2) is 0 Å². The average Bonchev–Trinajstić information content (AvgIpc) is 3.54. The minimum Gasteiger partial charge on any atom is -0.382 e. The summed E-state index contributed by atoms with van der Waals surface area (Å²) in [7, 11) is 4.24. The van der Waals surface area contributed by atoms with Crippen molar-refractivity contribution in [3.05, 3.63) is 11.6 Å². The molecule has 13 atom stereocenters. The van der Waals surface area contributed by atoms with Gasteiger partial charge < -0.3 is 23.6 Å². The molecule has 3 saturated carbocycles. The molecule has 0 aromatic rings. The molecule has 2 aliphatic heterocycles. The van der Waals surface area contributed by atoms with Crippen LogP contribution in [0.15, 0.2) is 11.6 Å². The highest BCUT2D eigenvalue weighted by atomic mass is 31.2. The maximum Gasteiger partial charge on any atom is 0.325 e. The molecular weight excluding hydrogens is 584 g/mol. The first kappa shape index (κ1) is 34.7. The Kier molecular flexibility index (Phi) is 9.95. The van der Waals surface area contributed by atoms with E-state index in [1.54, 1.807) is 12.7 Å². The summed E-state index contributed by atoms with van der Waals surface area (Å²) >= 11 is 0. The standard InChI is InChI=1S/C36H61BNO6P/c1-23(2)9-8-10-24(3)28-13-14-29-27-12-11-25-19-26(15-17-34(25,4)30(27)16-18-35(28,29)5)42-22-38-20-36(21-41-6)32(44-45(7,39)40)31(38)33(37)43-36/h11,23-24,26-33H,8-10,12-22H2,1-7H3,(H,39,40)/t24-,26-,27?,28?,29?,30?,31-,32?,33+,34-,35+,36+/m0/s1. The van der Waals surface area contributed by atoms with Gasteiger partial charge in [-0.15, -0.1) is 0 Å². The van der Waals surface area contributed by atoms with Gasteiger partial charge in [0, 0.05) is 26.3 Å². The Hall–Kier alpha value is -0.205. The molecule has 1 N–H and O–H groups in total. The van der Waals surface area contributed by atoms with Crippen LogP contribution in [0.4, 0.5) is 0 Å². The van der Waals surface area contributed by atoms with Crippen molar-refractivity contribution < 1.29 is 28.2 Å². The van der Waals surface area contributed by atoms with Gasteiger partial charge in [-0.3, -0.25) is 9.46 Å². The van der Waals surface area contributed by atoms with Crippen molar-refractivity contribution in [3.8, 4) is 0 Å². The van der Waals surface area contributed by atoms with Crippen molar-refractivity contribution in [2.75, 3.05) is 33.7 Å². The number of nitrogens with zero attached hydrogens (tertiary/aromatic N) is 1. The quantitative estimate of drug-likeness (QED) is 0.137. The lowest BCUT2D eigenvalue weighted by atomic mass is 9.47. The first-order valence-corrected chi connectivity index (χ1v) is 20.2. The number of methoxy groups -OCH3 is 1. The fourth-order valence-corrected chi connectivity index (χ4v) is 12.5. The number of hydrogen-bond donors (Lipinski definition) is 1. The largest absolute Gasteiger partial charge is 0.382 e. The van der Waals surface area contributed by atoms with Crippen LogP contribution in [0.1, 0.15) is 105 Å². The first-order valence-electron chi connectivity index (χ1n) is 18.2. The molecule has 45 heavy (non-hydrogen) atoms. The molecule has 5 fully saturated rings. The monoisotopic (exact) mass is 645 g/mol. The van der Waals surface area contributed by atoms with E-state index >= 15 is 0 Å². The highest BCUT2D eigenvalue weighted by Crippen LogP contribution is 2.67. The summed E-state index contributed by atoms with van der Waals surface area (Å²) in [4.78, 5) is 12.2. The number of hydrogen-bond acceptors (Lipinski definition) is 6. The molecule has 2 heterocycles. The van der Waals surface area contributed by atoms with Crippen molar-refractivity contribution >= 4 is 15.4 Å². The van der Waals surface area contributed by atoms with Crippen LogP contribution in [-0.2, 0) is 23.3 Å². The molecule has 0 aromatic carbocycles. The Morgan fingerprint density at radius 2 is 1.91 bits per heavy atom. The maximum atomic E-state index is 12.2. The van der Waals surface area contributed by atoms with E-state index in [9.17, 15) is 9.46 Å². The second kappa shape index (κ2) is 12.9. The van der Waals surface area contributed by atoms with Gasteiger partial charge in [0.2, 0.25) is 0 Å². The number of rotatable bonds is 12. The van der Waals surface area contributed by atoms with E-state index in [1.165, 1.54) is 64.5 Å². The molecule has 7 nitrogen and oxygen atoms in total. The molecule has 0 amide bonds. The smallest absolute Gasteiger partial charge is 0.325 e. The third-order valence-electron chi connectivity index (χ3n) is 13.9. The van der Waals surface area contributed by atoms with E-state index in [2.05, 4.69) is 45.6 Å². The Morgan fingerprint density at radius 1 is 1.13 bits per heavy atom. The molecule has 6 rings (SSSR count). The summed E-state index contributed by atoms with van der Waals surface area (Å²) in [5, 5.41) is 0. The van der Waals surface area contributed by atoms with Crippen molar-refractivity contribution in [1.29, 1.82) is 0 Å². The lowest BCUT2D eigenvalue weighted by Gasteiger charge is -2.58. The average molecular weight is 646 g/mol. The first-order chi connectivity index (χ1) is 21.2. The predicted molar refractivity (Wildman–Crippen MR) is 179 cm³/mol. The topological polar surface area (TPSA) is 77.5 Å². The van der Waals surface area contributed by atoms with Crippen LogP contribution in [0.2, 0.25) is 0 Å². The Bertz CT molecular complexity index is 1150. The number of morpholine rings is 1. The van der Waals surface area contributed by atoms with Gasteiger partial charge in [-0.05, 0) is 97.7 Å². The Balaban J connectivity index is 1.08. The van der Waals surface area contributed by atoms with Crippen LogP contribution in [0.3, 0.4) is 0 Å². The summed E-state index contributed by atoms with van der Waals surface area (Å²) in [6, 6.07) is -0.981. The zero-order chi connectivity index (χ0) is 32.4. The third kappa shape index (κ3) is 6.35. The van der Waals surface area contributed by atoms with E-state index in [-0.39, 0.29) is 18.8 Å². The van der Waals surface area contributed by atoms with Gasteiger partial charge in [0.1, 0.15) is 19.6 Å². The Labute approximate surface area is 274 Å². The second-order valence-electron chi connectivity index (χ2n) is 17.1. The van der Waals surface area contributed by atoms with Gasteiger partial charge in [-0.1, -0.05) is 65.5 Å². The van der Waals surface area contributed by atoms with Gasteiger partial charge >= 0.3 is 7.60 Å². The Morgan fingerprint density at radius 3 is 2.62 bits per heavy atom. The predicted octanol–water partition coefficient (Wildman–Crippen LogP) is 7.17. The zero-order valence-electron chi connectivity index (χ0n) is 29.2. The number of fused-ring (bicyclic) bond motifs is 7. The summed E-state index contributed by atoms with van der Waals surface area (Å²) < 4.78 is 36.1. The number of allylic oxidation sites excluding steroid dienone is 1. The van der Waals surface area contributed by atoms with E-state index in [1.807, 2.05) is 0 Å². The van der Waals surface area contributed by atoms with Crippen LogP contribution in [0.25, 0.3) is 0 Å². The number of likely N-dealkylation sites (tertiary alicyclic amines) is 1. The lowest BCUT2D eigenvalue weighted by Crippen LogP contribution is -2.52. The van der Waals surface area contributed by atoms with E-state index < -0.39 is 25.3 Å². The molecule has 9 heteroatoms. The molecule has 2 saturated heterocycles. The number of ether oxygens (including phenoxy) is 3. The zero-order valence-corrected chi connectivity index (χ0v) is 30.1. The second-order valence-corrected chi connectivity index (χ2v) is 18.9. The SMILES string of the molecule is [B][C@@H]1O[C@@]2(COC)CN(CO[C@H]3CC[C@@]4(C)C(=CCC5C6CCC([C@@H](C)CCCC(C)C)[C@@]6(C)CCC54)C3)[C@H]1C2OP(C)(=O)O. The van der Waals surface area contributed by atoms with Crippen LogP contribution < -0.4 is 0 Å². The van der Waals surface area contributed by atoms with Crippen LogP contribution in [0.5, 0.6) is 0 Å². The summed E-state index contributed by atoms with van der Waals surface area (Å²) in [6.07, 6.45) is 16.5. The molecule has 0 aromatic heterocycles. The molecule has 6 aliphatic rings. The minimum absolute atomic E-state index is 0.168. The van der Waals surface area contributed by atoms with Gasteiger partial charge in [0.25, 0.3) is 0 Å². The molecule has 2 bridgehead atoms. The summed E-state index contributed by atoms with van der Waals surface area (Å²) in [5.41, 5.74) is 1.57. The lowest BCUT2D eigenvalue weighted by molar-refractivity contribution is -0.134. The van der Waals surface area contributed by atoms with Crippen molar-refractivity contribution in [2.24, 2.45) is 46.3 Å². The van der Waals surface area contributed by atoms with Gasteiger partial charge in [0.15, 0.2) is 0 Å². The fourth-order valence-electron chi connectivity index (χ4n) is 11.8. The van der Waals surface area contributed by atoms with Crippen molar-refractivity contribution in [1.82, 2.24) is 4.90 Å². The molecule has 254 valence electrons. The van der Waals surface area contributed by atoms with E-state index in [0.29, 0.717) is 24.1 Å². The molecule has 2 radical (unpaired) electrons. The maximum absolute atomic E-state index is 12.2. The normalized spacial score (nSPS) is 46.4. The fraction of sp³-hybridized carbons (Fsp3) is 0.944. The van der Waals surface area contributed by atoms with Crippen LogP contribution in [0, 0.1) is 46.3 Å². The summed E-state index contributed by atoms with van der Waals surface area (Å²) in [5.74, 6) is 5.07. The molecule has 4 aliphatic carbocycles. The molecule has 6 unspecified atom stereocenters. The molecular formula is C36H61BNO6P. The summed E-state index contributed by atoms with van der Waals surface area (Å²) in [6.45, 7) is 14.9. The van der Waals surface area contributed by atoms with Gasteiger partial charge in [-0.2, -0.15) is 0 Å². The van der Waals surface area contributed by atoms with E-state index in [0.717, 1.165) is 48.3 Å². The third-order valence-corrected chi connectivity index (χ3v) is 14.5. The van der Waals surface area contributed by atoms with Crippen LogP contribution in [-0.4, -0.2) is 81.2 Å². The van der Waals surface area contributed by atoms with Crippen molar-refractivity contribution in [3.63, 3.8) is 0 Å². The van der Waals surface area contributed by atoms with Gasteiger partial charge in [0.05, 0.1) is 25.5 Å². The molecule has 0 spiro atoms. The minimum atomic E-state index is -3.74. The van der Waals surface area contributed by atoms with E-state index in [4.69, 9.17) is 26.6 Å². The van der Waals surface area contributed by atoms with Crippen molar-refractivity contribution in [2.45, 2.75) is 135 Å². The highest BCUT2D eigenvalue weighted by Gasteiger charge is 2.64.